The highest BCUT2D eigenvalue weighted by molar-refractivity contribution is 7.90. The summed E-state index contributed by atoms with van der Waals surface area (Å²) in [5.74, 6) is 0.371. The normalized spacial score (nSPS) is 20.9. The van der Waals surface area contributed by atoms with Crippen LogP contribution >= 0.6 is 0 Å². The van der Waals surface area contributed by atoms with Crippen LogP contribution in [0.1, 0.15) is 25.7 Å². The molecule has 7 heteroatoms. The summed E-state index contributed by atoms with van der Waals surface area (Å²) >= 11 is 0. The first-order valence-electron chi connectivity index (χ1n) is 7.99. The minimum atomic E-state index is -3.82. The van der Waals surface area contributed by atoms with Gasteiger partial charge in [-0.1, -0.05) is 12.8 Å². The van der Waals surface area contributed by atoms with E-state index in [2.05, 4.69) is 4.40 Å². The van der Waals surface area contributed by atoms with E-state index in [0.717, 1.165) is 37.8 Å². The van der Waals surface area contributed by atoms with Gasteiger partial charge in [-0.2, -0.15) is 8.42 Å². The summed E-state index contributed by atoms with van der Waals surface area (Å²) in [5.41, 5.74) is 0. The van der Waals surface area contributed by atoms with Gasteiger partial charge < -0.3 is 9.64 Å². The van der Waals surface area contributed by atoms with Crippen LogP contribution in [-0.4, -0.2) is 45.5 Å². The molecule has 0 spiro atoms. The SMILES string of the molecule is O=S(=O)(/N=C(\C1CCCC1)N1CCOCC1)c1ccc(F)cc1. The van der Waals surface area contributed by atoms with Crippen LogP contribution in [-0.2, 0) is 14.8 Å². The summed E-state index contributed by atoms with van der Waals surface area (Å²) in [6.07, 6.45) is 4.14. The van der Waals surface area contributed by atoms with E-state index in [4.69, 9.17) is 4.74 Å². The van der Waals surface area contributed by atoms with Gasteiger partial charge in [0.1, 0.15) is 11.7 Å². The Labute approximate surface area is 136 Å². The molecule has 0 radical (unpaired) electrons. The summed E-state index contributed by atoms with van der Waals surface area (Å²) in [6.45, 7) is 2.49. The molecule has 2 aliphatic rings. The molecule has 5 nitrogen and oxygen atoms in total. The molecule has 1 aliphatic carbocycles. The first-order chi connectivity index (χ1) is 11.1. The van der Waals surface area contributed by atoms with E-state index in [0.29, 0.717) is 32.1 Å². The second-order valence-electron chi connectivity index (χ2n) is 5.96. The number of amidine groups is 1. The third kappa shape index (κ3) is 3.90. The Hall–Kier alpha value is -1.47. The molecule has 126 valence electrons. The van der Waals surface area contributed by atoms with Crippen molar-refractivity contribution in [2.75, 3.05) is 26.3 Å². The number of morpholine rings is 1. The maximum Gasteiger partial charge on any atom is 0.283 e. The molecule has 23 heavy (non-hydrogen) atoms. The molecular weight excluding hydrogens is 319 g/mol. The zero-order valence-corrected chi connectivity index (χ0v) is 13.8. The number of hydrogen-bond acceptors (Lipinski definition) is 3. The molecule has 0 unspecified atom stereocenters. The van der Waals surface area contributed by atoms with Gasteiger partial charge in [0.15, 0.2) is 0 Å². The predicted molar refractivity (Wildman–Crippen MR) is 85.4 cm³/mol. The van der Waals surface area contributed by atoms with Crippen LogP contribution in [0.2, 0.25) is 0 Å². The van der Waals surface area contributed by atoms with Gasteiger partial charge in [0.25, 0.3) is 10.0 Å². The molecule has 0 N–H and O–H groups in total. The number of sulfonamides is 1. The van der Waals surface area contributed by atoms with Gasteiger partial charge in [0.2, 0.25) is 0 Å². The van der Waals surface area contributed by atoms with Gasteiger partial charge in [-0.15, -0.1) is 4.40 Å². The monoisotopic (exact) mass is 340 g/mol. The first-order valence-corrected chi connectivity index (χ1v) is 9.43. The first kappa shape index (κ1) is 16.4. The minimum Gasteiger partial charge on any atom is -0.378 e. The molecule has 0 amide bonds. The average molecular weight is 340 g/mol. The largest absolute Gasteiger partial charge is 0.378 e. The standard InChI is InChI=1S/C16H21FN2O3S/c17-14-5-7-15(8-6-14)23(20,21)18-16(13-3-1-2-4-13)19-9-11-22-12-10-19/h5-8,13H,1-4,9-12H2/b18-16+. The maximum atomic E-state index is 13.0. The van der Waals surface area contributed by atoms with E-state index >= 15 is 0 Å². The van der Waals surface area contributed by atoms with Gasteiger partial charge in [-0.05, 0) is 37.1 Å². The summed E-state index contributed by atoms with van der Waals surface area (Å²) in [6, 6.07) is 4.82. The van der Waals surface area contributed by atoms with E-state index in [1.807, 2.05) is 4.90 Å². The van der Waals surface area contributed by atoms with Crippen molar-refractivity contribution in [3.05, 3.63) is 30.1 Å². The molecule has 1 heterocycles. The molecular formula is C16H21FN2O3S. The van der Waals surface area contributed by atoms with Gasteiger partial charge in [0.05, 0.1) is 18.1 Å². The molecule has 0 atom stereocenters. The molecule has 0 bridgehead atoms. The molecule has 1 aromatic rings. The van der Waals surface area contributed by atoms with Crippen molar-refractivity contribution < 1.29 is 17.5 Å². The van der Waals surface area contributed by atoms with Crippen LogP contribution in [0.25, 0.3) is 0 Å². The Kier molecular flexibility index (Phi) is 4.96. The second kappa shape index (κ2) is 6.97. The highest BCUT2D eigenvalue weighted by Crippen LogP contribution is 2.29. The summed E-state index contributed by atoms with van der Waals surface area (Å²) < 4.78 is 47.7. The zero-order chi connectivity index (χ0) is 16.3. The lowest BCUT2D eigenvalue weighted by atomic mass is 10.1. The van der Waals surface area contributed by atoms with E-state index in [-0.39, 0.29) is 10.8 Å². The Morgan fingerprint density at radius 2 is 1.74 bits per heavy atom. The Morgan fingerprint density at radius 1 is 1.13 bits per heavy atom. The average Bonchev–Trinajstić information content (AvgIpc) is 3.08. The third-order valence-corrected chi connectivity index (χ3v) is 5.68. The molecule has 3 rings (SSSR count). The van der Waals surface area contributed by atoms with Crippen LogP contribution < -0.4 is 0 Å². The lowest BCUT2D eigenvalue weighted by Gasteiger charge is -2.32. The van der Waals surface area contributed by atoms with Crippen molar-refractivity contribution in [2.24, 2.45) is 10.3 Å². The van der Waals surface area contributed by atoms with Gasteiger partial charge in [0, 0.05) is 19.0 Å². The fraction of sp³-hybridized carbons (Fsp3) is 0.562. The number of ether oxygens (including phenoxy) is 1. The lowest BCUT2D eigenvalue weighted by molar-refractivity contribution is 0.0660. The zero-order valence-electron chi connectivity index (χ0n) is 12.9. The lowest BCUT2D eigenvalue weighted by Crippen LogP contribution is -2.43. The van der Waals surface area contributed by atoms with Crippen molar-refractivity contribution in [1.82, 2.24) is 4.90 Å². The van der Waals surface area contributed by atoms with E-state index in [1.54, 1.807) is 0 Å². The summed E-state index contributed by atoms with van der Waals surface area (Å²) in [5, 5.41) is 0. The smallest absolute Gasteiger partial charge is 0.283 e. The molecule has 0 aromatic heterocycles. The quantitative estimate of drug-likeness (QED) is 0.626. The van der Waals surface area contributed by atoms with Crippen LogP contribution in [0.3, 0.4) is 0 Å². The third-order valence-electron chi connectivity index (χ3n) is 4.38. The predicted octanol–water partition coefficient (Wildman–Crippen LogP) is 2.44. The maximum absolute atomic E-state index is 13.0. The number of benzene rings is 1. The fourth-order valence-electron chi connectivity index (χ4n) is 3.15. The van der Waals surface area contributed by atoms with Crippen molar-refractivity contribution in [3.63, 3.8) is 0 Å². The highest BCUT2D eigenvalue weighted by Gasteiger charge is 2.29. The van der Waals surface area contributed by atoms with Crippen molar-refractivity contribution in [2.45, 2.75) is 30.6 Å². The number of halogens is 1. The molecule has 1 aromatic carbocycles. The second-order valence-corrected chi connectivity index (χ2v) is 7.56. The minimum absolute atomic E-state index is 0.0302. The molecule has 1 saturated heterocycles. The van der Waals surface area contributed by atoms with Gasteiger partial charge >= 0.3 is 0 Å². The molecule has 1 aliphatic heterocycles. The van der Waals surface area contributed by atoms with Gasteiger partial charge in [-0.3, -0.25) is 0 Å². The Bertz CT molecular complexity index is 661. The topological polar surface area (TPSA) is 59.0 Å². The van der Waals surface area contributed by atoms with Crippen LogP contribution in [0, 0.1) is 11.7 Å². The summed E-state index contributed by atoms with van der Waals surface area (Å²) in [7, 11) is -3.82. The van der Waals surface area contributed by atoms with E-state index < -0.39 is 15.8 Å². The van der Waals surface area contributed by atoms with Crippen molar-refractivity contribution >= 4 is 15.9 Å². The molecule has 2 fully saturated rings. The van der Waals surface area contributed by atoms with Gasteiger partial charge in [-0.25, -0.2) is 4.39 Å². The Balaban J connectivity index is 1.93. The Morgan fingerprint density at radius 3 is 2.35 bits per heavy atom. The number of rotatable bonds is 3. The van der Waals surface area contributed by atoms with Crippen molar-refractivity contribution in [3.8, 4) is 0 Å². The number of nitrogens with zero attached hydrogens (tertiary/aromatic N) is 2. The highest BCUT2D eigenvalue weighted by atomic mass is 32.2. The van der Waals surface area contributed by atoms with Crippen LogP contribution in [0.15, 0.2) is 33.6 Å². The van der Waals surface area contributed by atoms with Crippen molar-refractivity contribution in [1.29, 1.82) is 0 Å². The number of hydrogen-bond donors (Lipinski definition) is 0. The van der Waals surface area contributed by atoms with E-state index in [9.17, 15) is 12.8 Å². The van der Waals surface area contributed by atoms with Crippen LogP contribution in [0.5, 0.6) is 0 Å². The van der Waals surface area contributed by atoms with E-state index in [1.165, 1.54) is 12.1 Å². The van der Waals surface area contributed by atoms with Crippen LogP contribution in [0.4, 0.5) is 4.39 Å². The summed E-state index contributed by atoms with van der Waals surface area (Å²) in [4.78, 5) is 2.06. The fourth-order valence-corrected chi connectivity index (χ4v) is 4.25. The molecule has 1 saturated carbocycles.